The largest absolute Gasteiger partial charge is 0.220 e. The van der Waals surface area contributed by atoms with Crippen molar-refractivity contribution in [1.29, 1.82) is 0 Å². The average Bonchev–Trinajstić information content (AvgIpc) is 3.47. The van der Waals surface area contributed by atoms with Crippen molar-refractivity contribution in [2.24, 2.45) is 24.8 Å². The Hall–Kier alpha value is -2.71. The molecule has 0 radical (unpaired) electrons. The minimum absolute atomic E-state index is 0.675. The molecule has 2 heteroatoms. The van der Waals surface area contributed by atoms with Crippen LogP contribution in [0.5, 0.6) is 0 Å². The van der Waals surface area contributed by atoms with Crippen molar-refractivity contribution in [3.05, 3.63) is 84.1 Å². The number of nitrogens with zero attached hydrogens (tertiary/aromatic N) is 1. The van der Waals surface area contributed by atoms with Gasteiger partial charge in [0.2, 0.25) is 5.69 Å². The number of rotatable bonds is 10. The summed E-state index contributed by atoms with van der Waals surface area (Å²) in [5.41, 5.74) is 8.46. The summed E-state index contributed by atoms with van der Waals surface area (Å²) in [6.45, 7) is 17.0. The van der Waals surface area contributed by atoms with Gasteiger partial charge in [-0.05, 0) is 83.2 Å². The Bertz CT molecular complexity index is 1480. The van der Waals surface area contributed by atoms with Gasteiger partial charge in [-0.3, -0.25) is 0 Å². The number of hydrogen-bond acceptors (Lipinski definition) is 0. The van der Waals surface area contributed by atoms with Gasteiger partial charge in [0.1, 0.15) is 7.05 Å². The van der Waals surface area contributed by atoms with E-state index in [1.54, 1.807) is 10.8 Å². The standard InChI is InChI=1S/C40H54NSi/c1-28(2)25-42(26-29(3)4,27-30(5)6)36-18-19-37-34(22-36)20-21-41(8)40(37)39-24-35(32-14-10-9-11-15-32)23-38(31(39)7)33-16-12-13-17-33/h9-11,14-15,18-24,28-30,33H,12-13,16-17,25-27H2,1-8H3/q+1. The molecule has 5 rings (SSSR count). The first-order valence-electron chi connectivity index (χ1n) is 16.7. The molecule has 0 amide bonds. The van der Waals surface area contributed by atoms with Gasteiger partial charge in [-0.15, -0.1) is 0 Å². The van der Waals surface area contributed by atoms with Crippen molar-refractivity contribution in [3.8, 4) is 22.4 Å². The molecule has 1 aliphatic rings. The maximum atomic E-state index is 2.62. The van der Waals surface area contributed by atoms with E-state index in [1.165, 1.54) is 82.5 Å². The second kappa shape index (κ2) is 12.9. The second-order valence-electron chi connectivity index (χ2n) is 14.7. The Morgan fingerprint density at radius 2 is 1.36 bits per heavy atom. The van der Waals surface area contributed by atoms with Gasteiger partial charge in [0, 0.05) is 6.07 Å². The molecule has 1 aromatic heterocycles. The van der Waals surface area contributed by atoms with Crippen LogP contribution in [0.4, 0.5) is 0 Å². The lowest BCUT2D eigenvalue weighted by Crippen LogP contribution is -2.50. The van der Waals surface area contributed by atoms with Crippen LogP contribution >= 0.6 is 0 Å². The highest BCUT2D eigenvalue weighted by molar-refractivity contribution is 6.92. The lowest BCUT2D eigenvalue weighted by molar-refractivity contribution is -0.659. The van der Waals surface area contributed by atoms with Crippen LogP contribution in [0.25, 0.3) is 33.2 Å². The van der Waals surface area contributed by atoms with Gasteiger partial charge in [-0.2, -0.15) is 0 Å². The summed E-state index contributed by atoms with van der Waals surface area (Å²) < 4.78 is 2.37. The molecule has 222 valence electrons. The Morgan fingerprint density at radius 3 is 1.95 bits per heavy atom. The third-order valence-electron chi connectivity index (χ3n) is 9.75. The van der Waals surface area contributed by atoms with Gasteiger partial charge >= 0.3 is 0 Å². The van der Waals surface area contributed by atoms with E-state index >= 15 is 0 Å². The maximum Gasteiger partial charge on any atom is 0.220 e. The number of fused-ring (bicyclic) bond motifs is 1. The first-order valence-corrected chi connectivity index (χ1v) is 19.3. The van der Waals surface area contributed by atoms with E-state index in [1.807, 2.05) is 0 Å². The van der Waals surface area contributed by atoms with E-state index in [0.717, 1.165) is 17.8 Å². The van der Waals surface area contributed by atoms with E-state index in [9.17, 15) is 0 Å². The van der Waals surface area contributed by atoms with Crippen molar-refractivity contribution in [3.63, 3.8) is 0 Å². The monoisotopic (exact) mass is 576 g/mol. The molecule has 4 aromatic rings. The summed E-state index contributed by atoms with van der Waals surface area (Å²) in [4.78, 5) is 0. The number of aromatic nitrogens is 1. The van der Waals surface area contributed by atoms with E-state index < -0.39 is 8.07 Å². The molecule has 1 heterocycles. The molecule has 0 aliphatic heterocycles. The Kier molecular flexibility index (Phi) is 9.43. The van der Waals surface area contributed by atoms with Crippen LogP contribution in [0, 0.1) is 24.7 Å². The number of benzene rings is 3. The molecular weight excluding hydrogens is 523 g/mol. The molecule has 42 heavy (non-hydrogen) atoms. The van der Waals surface area contributed by atoms with Crippen LogP contribution in [0.1, 0.15) is 84.3 Å². The van der Waals surface area contributed by atoms with Crippen LogP contribution in [0.15, 0.2) is 72.9 Å². The zero-order chi connectivity index (χ0) is 30.0. The molecule has 3 aromatic carbocycles. The lowest BCUT2D eigenvalue weighted by Gasteiger charge is -2.37. The summed E-state index contributed by atoms with van der Waals surface area (Å²) in [7, 11) is 0.552. The third kappa shape index (κ3) is 6.44. The van der Waals surface area contributed by atoms with Gasteiger partial charge in [0.25, 0.3) is 0 Å². The van der Waals surface area contributed by atoms with Crippen molar-refractivity contribution >= 4 is 24.0 Å². The smallest absolute Gasteiger partial charge is 0.200 e. The Morgan fingerprint density at radius 1 is 0.738 bits per heavy atom. The highest BCUT2D eigenvalue weighted by atomic mass is 28.3. The first-order chi connectivity index (χ1) is 20.1. The van der Waals surface area contributed by atoms with E-state index in [0.29, 0.717) is 5.92 Å². The normalized spacial score (nSPS) is 14.6. The number of hydrogen-bond donors (Lipinski definition) is 0. The highest BCUT2D eigenvalue weighted by Crippen LogP contribution is 2.42. The van der Waals surface area contributed by atoms with E-state index in [4.69, 9.17) is 0 Å². The summed E-state index contributed by atoms with van der Waals surface area (Å²) in [5.74, 6) is 2.86. The molecule has 0 unspecified atom stereocenters. The minimum atomic E-state index is -1.69. The lowest BCUT2D eigenvalue weighted by atomic mass is 9.85. The Balaban J connectivity index is 1.72. The Labute approximate surface area is 257 Å². The molecule has 1 saturated carbocycles. The molecule has 0 N–H and O–H groups in total. The van der Waals surface area contributed by atoms with Crippen molar-refractivity contribution in [2.45, 2.75) is 98.2 Å². The van der Waals surface area contributed by atoms with E-state index in [-0.39, 0.29) is 0 Å². The minimum Gasteiger partial charge on any atom is -0.200 e. The number of pyridine rings is 1. The summed E-state index contributed by atoms with van der Waals surface area (Å²) in [6, 6.07) is 30.2. The average molecular weight is 577 g/mol. The third-order valence-corrected chi connectivity index (χ3v) is 16.1. The molecule has 1 fully saturated rings. The predicted molar refractivity (Wildman–Crippen MR) is 186 cm³/mol. The van der Waals surface area contributed by atoms with Crippen LogP contribution in [0.3, 0.4) is 0 Å². The highest BCUT2D eigenvalue weighted by Gasteiger charge is 2.37. The van der Waals surface area contributed by atoms with Crippen molar-refractivity contribution in [2.75, 3.05) is 0 Å². The SMILES string of the molecule is Cc1c(-c2c3ccc([Si](CC(C)C)(CC(C)C)CC(C)C)cc3cc[n+]2C)cc(-c2ccccc2)cc1C1CCCC1. The molecule has 0 spiro atoms. The van der Waals surface area contributed by atoms with Crippen molar-refractivity contribution in [1.82, 2.24) is 0 Å². The van der Waals surface area contributed by atoms with Crippen LogP contribution in [0.2, 0.25) is 18.1 Å². The first kappa shape index (κ1) is 30.7. The molecule has 1 aliphatic carbocycles. The van der Waals surface area contributed by atoms with Gasteiger partial charge < -0.3 is 0 Å². The van der Waals surface area contributed by atoms with Gasteiger partial charge in [0.15, 0.2) is 6.20 Å². The maximum absolute atomic E-state index is 2.62. The summed E-state index contributed by atoms with van der Waals surface area (Å²) in [6.07, 6.45) is 7.65. The van der Waals surface area contributed by atoms with Crippen LogP contribution < -0.4 is 9.75 Å². The summed E-state index contributed by atoms with van der Waals surface area (Å²) >= 11 is 0. The molecular formula is C40H54NSi+. The molecule has 1 nitrogen and oxygen atoms in total. The zero-order valence-electron chi connectivity index (χ0n) is 27.6. The fourth-order valence-corrected chi connectivity index (χ4v) is 15.2. The quantitative estimate of drug-likeness (QED) is 0.131. The predicted octanol–water partition coefficient (Wildman–Crippen LogP) is 10.6. The fraction of sp³-hybridized carbons (Fsp3) is 0.475. The summed E-state index contributed by atoms with van der Waals surface area (Å²) in [5, 5.41) is 4.46. The fourth-order valence-electron chi connectivity index (χ4n) is 8.43. The number of aryl methyl sites for hydroxylation is 1. The van der Waals surface area contributed by atoms with Gasteiger partial charge in [-0.25, -0.2) is 4.57 Å². The molecule has 0 atom stereocenters. The van der Waals surface area contributed by atoms with Gasteiger partial charge in [0.05, 0.1) is 19.0 Å². The van der Waals surface area contributed by atoms with Crippen LogP contribution in [-0.4, -0.2) is 8.07 Å². The molecule has 0 bridgehead atoms. The van der Waals surface area contributed by atoms with E-state index in [2.05, 4.69) is 133 Å². The zero-order valence-corrected chi connectivity index (χ0v) is 28.6. The van der Waals surface area contributed by atoms with Crippen LogP contribution in [-0.2, 0) is 7.05 Å². The van der Waals surface area contributed by atoms with Crippen molar-refractivity contribution < 1.29 is 4.57 Å². The topological polar surface area (TPSA) is 3.88 Å². The molecule has 0 saturated heterocycles. The second-order valence-corrected chi connectivity index (χ2v) is 19.1. The van der Waals surface area contributed by atoms with Gasteiger partial charge in [-0.1, -0.05) is 126 Å².